The third-order valence-corrected chi connectivity index (χ3v) is 4.61. The summed E-state index contributed by atoms with van der Waals surface area (Å²) in [5.41, 5.74) is 0. The number of carboxylic acid groups (broad SMARTS) is 1. The van der Waals surface area contributed by atoms with Gasteiger partial charge in [-0.2, -0.15) is 0 Å². The molecule has 3 N–H and O–H groups in total. The van der Waals surface area contributed by atoms with Crippen molar-refractivity contribution in [3.05, 3.63) is 0 Å². The molecular formula is C14H24N2O4. The fourth-order valence-corrected chi connectivity index (χ4v) is 3.15. The van der Waals surface area contributed by atoms with Crippen LogP contribution < -0.4 is 5.32 Å². The van der Waals surface area contributed by atoms with Gasteiger partial charge in [0.05, 0.1) is 18.1 Å². The van der Waals surface area contributed by atoms with Crippen LogP contribution in [0.1, 0.15) is 45.4 Å². The highest BCUT2D eigenvalue weighted by Crippen LogP contribution is 2.25. The number of aliphatic hydroxyl groups is 1. The molecule has 2 fully saturated rings. The Balaban J connectivity index is 1.82. The van der Waals surface area contributed by atoms with Gasteiger partial charge in [0, 0.05) is 12.6 Å². The fraction of sp³-hybridized carbons (Fsp3) is 0.857. The lowest BCUT2D eigenvalue weighted by Gasteiger charge is -2.38. The number of likely N-dealkylation sites (tertiary alicyclic amines) is 1. The summed E-state index contributed by atoms with van der Waals surface area (Å²) in [7, 11) is 0. The van der Waals surface area contributed by atoms with E-state index in [1.165, 1.54) is 0 Å². The van der Waals surface area contributed by atoms with Gasteiger partial charge in [0.1, 0.15) is 0 Å². The third kappa shape index (κ3) is 3.42. The molecule has 1 saturated carbocycles. The van der Waals surface area contributed by atoms with Crippen molar-refractivity contribution in [3.8, 4) is 0 Å². The van der Waals surface area contributed by atoms with Crippen LogP contribution in [0.2, 0.25) is 0 Å². The molecule has 1 saturated heterocycles. The molecule has 1 aliphatic carbocycles. The van der Waals surface area contributed by atoms with Crippen LogP contribution in [0.15, 0.2) is 0 Å². The Morgan fingerprint density at radius 2 is 1.80 bits per heavy atom. The molecular weight excluding hydrogens is 260 g/mol. The second kappa shape index (κ2) is 6.43. The van der Waals surface area contributed by atoms with Crippen molar-refractivity contribution in [1.29, 1.82) is 0 Å². The first-order chi connectivity index (χ1) is 9.49. The van der Waals surface area contributed by atoms with Gasteiger partial charge in [-0.25, -0.2) is 4.79 Å². The van der Waals surface area contributed by atoms with Crippen LogP contribution in [0.4, 0.5) is 4.79 Å². The monoisotopic (exact) mass is 284 g/mol. The van der Waals surface area contributed by atoms with Gasteiger partial charge in [0.2, 0.25) is 0 Å². The fourth-order valence-electron chi connectivity index (χ4n) is 3.15. The number of carbonyl (C=O) groups is 2. The molecule has 0 radical (unpaired) electrons. The van der Waals surface area contributed by atoms with Crippen LogP contribution in [0.5, 0.6) is 0 Å². The smallest absolute Gasteiger partial charge is 0.317 e. The molecule has 2 rings (SSSR count). The zero-order chi connectivity index (χ0) is 14.7. The lowest BCUT2D eigenvalue weighted by molar-refractivity contribution is -0.142. The van der Waals surface area contributed by atoms with Gasteiger partial charge in [-0.15, -0.1) is 0 Å². The van der Waals surface area contributed by atoms with Gasteiger partial charge in [0.15, 0.2) is 0 Å². The third-order valence-electron chi connectivity index (χ3n) is 4.61. The number of amides is 2. The molecule has 0 aromatic heterocycles. The minimum absolute atomic E-state index is 0.0596. The molecule has 2 unspecified atom stereocenters. The lowest BCUT2D eigenvalue weighted by Crippen LogP contribution is -2.55. The zero-order valence-corrected chi connectivity index (χ0v) is 11.9. The second-order valence-corrected chi connectivity index (χ2v) is 5.98. The van der Waals surface area contributed by atoms with Crippen molar-refractivity contribution < 1.29 is 19.8 Å². The Morgan fingerprint density at radius 1 is 1.15 bits per heavy atom. The largest absolute Gasteiger partial charge is 0.481 e. The summed E-state index contributed by atoms with van der Waals surface area (Å²) in [4.78, 5) is 24.8. The second-order valence-electron chi connectivity index (χ2n) is 5.98. The molecule has 0 aromatic carbocycles. The Morgan fingerprint density at radius 3 is 2.40 bits per heavy atom. The maximum atomic E-state index is 12.2. The van der Waals surface area contributed by atoms with E-state index in [0.717, 1.165) is 12.8 Å². The summed E-state index contributed by atoms with van der Waals surface area (Å²) in [6, 6.07) is -0.224. The SMILES string of the molecule is CC1C(O)CCCN1C(=O)NC1CCC(C(=O)O)CC1. The summed E-state index contributed by atoms with van der Waals surface area (Å²) < 4.78 is 0. The number of hydrogen-bond donors (Lipinski definition) is 3. The predicted octanol–water partition coefficient (Wildman–Crippen LogP) is 1.18. The van der Waals surface area contributed by atoms with E-state index in [0.29, 0.717) is 32.2 Å². The van der Waals surface area contributed by atoms with E-state index in [-0.39, 0.29) is 24.0 Å². The summed E-state index contributed by atoms with van der Waals surface area (Å²) >= 11 is 0. The number of urea groups is 1. The molecule has 20 heavy (non-hydrogen) atoms. The van der Waals surface area contributed by atoms with Crippen molar-refractivity contribution in [2.45, 2.75) is 63.6 Å². The summed E-state index contributed by atoms with van der Waals surface area (Å²) in [6.07, 6.45) is 3.80. The van der Waals surface area contributed by atoms with Crippen LogP contribution in [0, 0.1) is 5.92 Å². The van der Waals surface area contributed by atoms with Gasteiger partial charge >= 0.3 is 12.0 Å². The first-order valence-electron chi connectivity index (χ1n) is 7.47. The van der Waals surface area contributed by atoms with Gasteiger partial charge < -0.3 is 20.4 Å². The van der Waals surface area contributed by atoms with Crippen molar-refractivity contribution >= 4 is 12.0 Å². The normalized spacial score (nSPS) is 34.6. The molecule has 1 heterocycles. The zero-order valence-electron chi connectivity index (χ0n) is 11.9. The Kier molecular flexibility index (Phi) is 4.86. The first-order valence-corrected chi connectivity index (χ1v) is 7.47. The maximum Gasteiger partial charge on any atom is 0.317 e. The van der Waals surface area contributed by atoms with Crippen molar-refractivity contribution in [2.24, 2.45) is 5.92 Å². The molecule has 0 spiro atoms. The summed E-state index contributed by atoms with van der Waals surface area (Å²) in [6.45, 7) is 2.54. The molecule has 6 nitrogen and oxygen atoms in total. The van der Waals surface area contributed by atoms with Crippen LogP contribution in [0.25, 0.3) is 0 Å². The number of nitrogens with zero attached hydrogens (tertiary/aromatic N) is 1. The number of rotatable bonds is 2. The highest BCUT2D eigenvalue weighted by molar-refractivity contribution is 5.75. The number of hydrogen-bond acceptors (Lipinski definition) is 3. The van der Waals surface area contributed by atoms with Crippen LogP contribution in [0.3, 0.4) is 0 Å². The minimum atomic E-state index is -0.734. The van der Waals surface area contributed by atoms with Crippen LogP contribution in [-0.4, -0.2) is 51.8 Å². The van der Waals surface area contributed by atoms with E-state index < -0.39 is 12.1 Å². The van der Waals surface area contributed by atoms with E-state index in [1.807, 2.05) is 6.92 Å². The molecule has 0 aromatic rings. The molecule has 2 atom stereocenters. The highest BCUT2D eigenvalue weighted by atomic mass is 16.4. The highest BCUT2D eigenvalue weighted by Gasteiger charge is 2.32. The first kappa shape index (κ1) is 15.1. The Hall–Kier alpha value is -1.30. The summed E-state index contributed by atoms with van der Waals surface area (Å²) in [5.74, 6) is -0.999. The van der Waals surface area contributed by atoms with E-state index in [4.69, 9.17) is 5.11 Å². The summed E-state index contributed by atoms with van der Waals surface area (Å²) in [5, 5.41) is 21.7. The van der Waals surface area contributed by atoms with Gasteiger partial charge in [-0.1, -0.05) is 0 Å². The number of nitrogens with one attached hydrogen (secondary N) is 1. The average molecular weight is 284 g/mol. The van der Waals surface area contributed by atoms with Gasteiger partial charge in [-0.3, -0.25) is 4.79 Å². The van der Waals surface area contributed by atoms with E-state index in [1.54, 1.807) is 4.90 Å². The number of aliphatic carboxylic acids is 1. The van der Waals surface area contributed by atoms with Crippen LogP contribution >= 0.6 is 0 Å². The van der Waals surface area contributed by atoms with E-state index >= 15 is 0 Å². The molecule has 2 aliphatic rings. The van der Waals surface area contributed by atoms with Crippen molar-refractivity contribution in [2.75, 3.05) is 6.54 Å². The maximum absolute atomic E-state index is 12.2. The van der Waals surface area contributed by atoms with Crippen molar-refractivity contribution in [3.63, 3.8) is 0 Å². The van der Waals surface area contributed by atoms with Gasteiger partial charge in [-0.05, 0) is 45.4 Å². The standard InChI is InChI=1S/C14H24N2O4/c1-9-12(17)3-2-8-16(9)14(20)15-11-6-4-10(5-7-11)13(18)19/h9-12,17H,2-8H2,1H3,(H,15,20)(H,18,19). The van der Waals surface area contributed by atoms with Crippen molar-refractivity contribution in [1.82, 2.24) is 10.2 Å². The molecule has 0 bridgehead atoms. The van der Waals surface area contributed by atoms with Gasteiger partial charge in [0.25, 0.3) is 0 Å². The average Bonchev–Trinajstić information content (AvgIpc) is 2.42. The molecule has 6 heteroatoms. The Bertz CT molecular complexity index is 366. The number of carbonyl (C=O) groups excluding carboxylic acids is 1. The van der Waals surface area contributed by atoms with E-state index in [9.17, 15) is 14.7 Å². The topological polar surface area (TPSA) is 89.9 Å². The van der Waals surface area contributed by atoms with E-state index in [2.05, 4.69) is 5.32 Å². The molecule has 2 amide bonds. The Labute approximate surface area is 119 Å². The van der Waals surface area contributed by atoms with Crippen LogP contribution in [-0.2, 0) is 4.79 Å². The quantitative estimate of drug-likeness (QED) is 0.710. The minimum Gasteiger partial charge on any atom is -0.481 e. The number of aliphatic hydroxyl groups excluding tert-OH is 1. The lowest BCUT2D eigenvalue weighted by atomic mass is 9.86. The molecule has 114 valence electrons. The predicted molar refractivity (Wildman–Crippen MR) is 73.3 cm³/mol. The molecule has 1 aliphatic heterocycles. The number of piperidine rings is 1. The number of carboxylic acids is 1.